The highest BCUT2D eigenvalue weighted by molar-refractivity contribution is 5.81. The van der Waals surface area contributed by atoms with Crippen LogP contribution in [-0.2, 0) is 14.3 Å². The van der Waals surface area contributed by atoms with E-state index >= 15 is 0 Å². The Labute approximate surface area is 99.8 Å². The maximum Gasteiger partial charge on any atom is 0.261 e. The molecule has 0 aliphatic heterocycles. The van der Waals surface area contributed by atoms with Gasteiger partial charge in [-0.2, -0.15) is 0 Å². The Balaban J connectivity index is 3.43. The smallest absolute Gasteiger partial charge is 0.261 e. The van der Waals surface area contributed by atoms with E-state index in [1.807, 2.05) is 0 Å². The van der Waals surface area contributed by atoms with E-state index in [-0.39, 0.29) is 18.6 Å². The van der Waals surface area contributed by atoms with Crippen molar-refractivity contribution in [1.29, 1.82) is 0 Å². The van der Waals surface area contributed by atoms with Crippen LogP contribution in [0.5, 0.6) is 0 Å². The second-order valence-electron chi connectivity index (χ2n) is 3.43. The van der Waals surface area contributed by atoms with Crippen molar-refractivity contribution in [2.75, 3.05) is 40.0 Å². The third-order valence-electron chi connectivity index (χ3n) is 1.94. The Bertz CT molecular complexity index is 206. The molecule has 0 radical (unpaired) electrons. The second kappa shape index (κ2) is 10.4. The minimum Gasteiger partial charge on any atom is -0.383 e. The zero-order valence-corrected chi connectivity index (χ0v) is 10.2. The van der Waals surface area contributed by atoms with Crippen LogP contribution in [-0.4, -0.2) is 58.4 Å². The standard InChI is InChI=1S/C10H20F2N2O3/c1-8(10(15)14-3-5-16-2)13-4-6-17-7-9(11)12/h8-9,13H,3-7H2,1-2H3,(H,14,15). The van der Waals surface area contributed by atoms with Crippen molar-refractivity contribution in [3.8, 4) is 0 Å². The number of rotatable bonds is 10. The van der Waals surface area contributed by atoms with Gasteiger partial charge in [0.05, 0.1) is 19.3 Å². The molecule has 0 aromatic carbocycles. The van der Waals surface area contributed by atoms with Crippen LogP contribution in [0.2, 0.25) is 0 Å². The van der Waals surface area contributed by atoms with E-state index in [0.717, 1.165) is 0 Å². The molecule has 0 saturated carbocycles. The lowest BCUT2D eigenvalue weighted by molar-refractivity contribution is -0.123. The Kier molecular flexibility index (Phi) is 9.89. The topological polar surface area (TPSA) is 59.6 Å². The lowest BCUT2D eigenvalue weighted by Crippen LogP contribution is -2.44. The molecule has 17 heavy (non-hydrogen) atoms. The van der Waals surface area contributed by atoms with Gasteiger partial charge in [-0.25, -0.2) is 8.78 Å². The van der Waals surface area contributed by atoms with Crippen molar-refractivity contribution in [1.82, 2.24) is 10.6 Å². The van der Waals surface area contributed by atoms with Crippen molar-refractivity contribution in [3.63, 3.8) is 0 Å². The van der Waals surface area contributed by atoms with Crippen molar-refractivity contribution >= 4 is 5.91 Å². The van der Waals surface area contributed by atoms with Gasteiger partial charge in [0.25, 0.3) is 6.43 Å². The average molecular weight is 254 g/mol. The molecular formula is C10H20F2N2O3. The number of carbonyl (C=O) groups excluding carboxylic acids is 1. The van der Waals surface area contributed by atoms with Gasteiger partial charge in [0.1, 0.15) is 6.61 Å². The van der Waals surface area contributed by atoms with Crippen LogP contribution in [0.25, 0.3) is 0 Å². The van der Waals surface area contributed by atoms with E-state index in [1.165, 1.54) is 0 Å². The molecule has 1 unspecified atom stereocenters. The third-order valence-corrected chi connectivity index (χ3v) is 1.94. The normalized spacial score (nSPS) is 12.8. The quantitative estimate of drug-likeness (QED) is 0.539. The first-order valence-corrected chi connectivity index (χ1v) is 5.43. The van der Waals surface area contributed by atoms with Gasteiger partial charge in [0, 0.05) is 20.2 Å². The number of hydrogen-bond acceptors (Lipinski definition) is 4. The number of ether oxygens (including phenoxy) is 2. The minimum atomic E-state index is -2.45. The Morgan fingerprint density at radius 2 is 2.00 bits per heavy atom. The lowest BCUT2D eigenvalue weighted by atomic mass is 10.3. The van der Waals surface area contributed by atoms with Gasteiger partial charge >= 0.3 is 0 Å². The molecular weight excluding hydrogens is 234 g/mol. The number of methoxy groups -OCH3 is 1. The number of carbonyl (C=O) groups is 1. The van der Waals surface area contributed by atoms with E-state index < -0.39 is 13.0 Å². The molecule has 0 spiro atoms. The van der Waals surface area contributed by atoms with Crippen LogP contribution >= 0.6 is 0 Å². The van der Waals surface area contributed by atoms with Crippen molar-refractivity contribution in [2.24, 2.45) is 0 Å². The number of nitrogens with one attached hydrogen (secondary N) is 2. The molecule has 0 aliphatic rings. The molecule has 0 bridgehead atoms. The van der Waals surface area contributed by atoms with E-state index in [0.29, 0.717) is 19.7 Å². The SMILES string of the molecule is COCCNC(=O)C(C)NCCOCC(F)F. The van der Waals surface area contributed by atoms with Crippen LogP contribution in [0.1, 0.15) is 6.92 Å². The Morgan fingerprint density at radius 1 is 1.29 bits per heavy atom. The highest BCUT2D eigenvalue weighted by Gasteiger charge is 2.10. The molecule has 0 fully saturated rings. The summed E-state index contributed by atoms with van der Waals surface area (Å²) in [4.78, 5) is 11.4. The van der Waals surface area contributed by atoms with Gasteiger partial charge in [-0.05, 0) is 6.92 Å². The van der Waals surface area contributed by atoms with Crippen LogP contribution in [0.3, 0.4) is 0 Å². The van der Waals surface area contributed by atoms with Crippen molar-refractivity contribution < 1.29 is 23.0 Å². The van der Waals surface area contributed by atoms with Gasteiger partial charge in [-0.15, -0.1) is 0 Å². The van der Waals surface area contributed by atoms with Gasteiger partial charge in [0.2, 0.25) is 5.91 Å². The highest BCUT2D eigenvalue weighted by atomic mass is 19.3. The first-order valence-electron chi connectivity index (χ1n) is 5.43. The van der Waals surface area contributed by atoms with E-state index in [9.17, 15) is 13.6 Å². The summed E-state index contributed by atoms with van der Waals surface area (Å²) < 4.78 is 32.8. The summed E-state index contributed by atoms with van der Waals surface area (Å²) in [6.07, 6.45) is -2.45. The monoisotopic (exact) mass is 254 g/mol. The second-order valence-corrected chi connectivity index (χ2v) is 3.43. The van der Waals surface area contributed by atoms with Crippen LogP contribution in [0, 0.1) is 0 Å². The molecule has 0 rings (SSSR count). The highest BCUT2D eigenvalue weighted by Crippen LogP contribution is 1.91. The van der Waals surface area contributed by atoms with Crippen molar-refractivity contribution in [2.45, 2.75) is 19.4 Å². The number of amides is 1. The minimum absolute atomic E-state index is 0.153. The molecule has 0 saturated heterocycles. The summed E-state index contributed by atoms with van der Waals surface area (Å²) in [6, 6.07) is -0.387. The molecule has 0 aromatic rings. The number of halogens is 2. The largest absolute Gasteiger partial charge is 0.383 e. The Hall–Kier alpha value is -0.790. The van der Waals surface area contributed by atoms with E-state index in [1.54, 1.807) is 14.0 Å². The molecule has 5 nitrogen and oxygen atoms in total. The molecule has 1 amide bonds. The van der Waals surface area contributed by atoms with Crippen LogP contribution in [0.4, 0.5) is 8.78 Å². The predicted molar refractivity (Wildman–Crippen MR) is 59.2 cm³/mol. The van der Waals surface area contributed by atoms with E-state index in [4.69, 9.17) is 4.74 Å². The first kappa shape index (κ1) is 16.2. The molecule has 7 heteroatoms. The predicted octanol–water partition coefficient (Wildman–Crippen LogP) is 0.00880. The van der Waals surface area contributed by atoms with Crippen LogP contribution in [0.15, 0.2) is 0 Å². The first-order chi connectivity index (χ1) is 8.07. The maximum absolute atomic E-state index is 11.7. The van der Waals surface area contributed by atoms with Gasteiger partial charge < -0.3 is 20.1 Å². The van der Waals surface area contributed by atoms with E-state index in [2.05, 4.69) is 15.4 Å². The summed E-state index contributed by atoms with van der Waals surface area (Å²) in [6.45, 7) is 2.52. The fourth-order valence-electron chi connectivity index (χ4n) is 1.04. The van der Waals surface area contributed by atoms with Gasteiger partial charge in [-0.3, -0.25) is 4.79 Å². The summed E-state index contributed by atoms with van der Waals surface area (Å²) in [7, 11) is 1.55. The summed E-state index contributed by atoms with van der Waals surface area (Å²) in [5.74, 6) is -0.157. The fraction of sp³-hybridized carbons (Fsp3) is 0.900. The molecule has 0 heterocycles. The third kappa shape index (κ3) is 10.1. The zero-order valence-electron chi connectivity index (χ0n) is 10.2. The summed E-state index contributed by atoms with van der Waals surface area (Å²) in [5.41, 5.74) is 0. The maximum atomic E-state index is 11.7. The number of alkyl halides is 2. The molecule has 102 valence electrons. The molecule has 0 aliphatic carbocycles. The summed E-state index contributed by atoms with van der Waals surface area (Å²) >= 11 is 0. The molecule has 2 N–H and O–H groups in total. The van der Waals surface area contributed by atoms with Crippen molar-refractivity contribution in [3.05, 3.63) is 0 Å². The number of hydrogen-bond donors (Lipinski definition) is 2. The van der Waals surface area contributed by atoms with Gasteiger partial charge in [0.15, 0.2) is 0 Å². The molecule has 1 atom stereocenters. The lowest BCUT2D eigenvalue weighted by Gasteiger charge is -2.13. The zero-order chi connectivity index (χ0) is 13.1. The fourth-order valence-corrected chi connectivity index (χ4v) is 1.04. The van der Waals surface area contributed by atoms with Gasteiger partial charge in [-0.1, -0.05) is 0 Å². The average Bonchev–Trinajstić information content (AvgIpc) is 2.28. The summed E-state index contributed by atoms with van der Waals surface area (Å²) in [5, 5.41) is 5.52. The molecule has 0 aromatic heterocycles. The van der Waals surface area contributed by atoms with Crippen LogP contribution < -0.4 is 10.6 Å². The Morgan fingerprint density at radius 3 is 2.59 bits per heavy atom.